The van der Waals surface area contributed by atoms with E-state index in [1.54, 1.807) is 4.31 Å². The number of sulfonamides is 1. The van der Waals surface area contributed by atoms with Gasteiger partial charge in [-0.25, -0.2) is 8.42 Å². The van der Waals surface area contributed by atoms with E-state index in [4.69, 9.17) is 34.8 Å². The standard InChI is InChI=1S/C14H16Cl3NO2S/c15-6-11-4-14(13(17)5-12(11)16)21(19,20)18-7-9-2-1-3-10(9)8-18/h4-5,9-10H,1-3,6-8H2. The van der Waals surface area contributed by atoms with Crippen LogP contribution >= 0.6 is 34.8 Å². The number of nitrogens with zero attached hydrogens (tertiary/aromatic N) is 1. The van der Waals surface area contributed by atoms with E-state index in [1.807, 2.05) is 0 Å². The molecule has 1 aliphatic carbocycles. The molecule has 1 aliphatic heterocycles. The van der Waals surface area contributed by atoms with E-state index in [1.165, 1.54) is 18.6 Å². The average Bonchev–Trinajstić information content (AvgIpc) is 2.99. The Labute approximate surface area is 140 Å². The van der Waals surface area contributed by atoms with Crippen LogP contribution in [0.2, 0.25) is 10.0 Å². The van der Waals surface area contributed by atoms with Gasteiger partial charge >= 0.3 is 0 Å². The summed E-state index contributed by atoms with van der Waals surface area (Å²) in [6.45, 7) is 1.20. The predicted octanol–water partition coefficient (Wildman–Crippen LogP) is 4.15. The Bertz CT molecular complexity index is 650. The van der Waals surface area contributed by atoms with Gasteiger partial charge in [-0.2, -0.15) is 4.31 Å². The number of hydrogen-bond donors (Lipinski definition) is 0. The lowest BCUT2D eigenvalue weighted by molar-refractivity contribution is 0.445. The normalized spacial score (nSPS) is 26.2. The molecule has 2 fully saturated rings. The van der Waals surface area contributed by atoms with Gasteiger partial charge in [0.1, 0.15) is 4.90 Å². The molecule has 2 aliphatic rings. The van der Waals surface area contributed by atoms with Crippen molar-refractivity contribution in [3.8, 4) is 0 Å². The quantitative estimate of drug-likeness (QED) is 0.751. The summed E-state index contributed by atoms with van der Waals surface area (Å²) >= 11 is 17.9. The molecule has 0 amide bonds. The topological polar surface area (TPSA) is 37.4 Å². The van der Waals surface area contributed by atoms with E-state index in [-0.39, 0.29) is 15.8 Å². The minimum atomic E-state index is -3.58. The molecular formula is C14H16Cl3NO2S. The van der Waals surface area contributed by atoms with Crippen molar-refractivity contribution < 1.29 is 8.42 Å². The van der Waals surface area contributed by atoms with Gasteiger partial charge in [-0.05, 0) is 42.4 Å². The van der Waals surface area contributed by atoms with Gasteiger partial charge in [0.2, 0.25) is 10.0 Å². The smallest absolute Gasteiger partial charge is 0.207 e. The Balaban J connectivity index is 1.95. The van der Waals surface area contributed by atoms with Crippen molar-refractivity contribution in [2.45, 2.75) is 30.0 Å². The number of alkyl halides is 1. The molecular weight excluding hydrogens is 353 g/mol. The fourth-order valence-electron chi connectivity index (χ4n) is 3.40. The van der Waals surface area contributed by atoms with E-state index in [2.05, 4.69) is 0 Å². The van der Waals surface area contributed by atoms with E-state index in [0.29, 0.717) is 35.5 Å². The van der Waals surface area contributed by atoms with Gasteiger partial charge in [-0.15, -0.1) is 11.6 Å². The second-order valence-corrected chi connectivity index (χ2v) is 8.77. The minimum absolute atomic E-state index is 0.115. The van der Waals surface area contributed by atoms with Crippen molar-refractivity contribution in [2.24, 2.45) is 11.8 Å². The van der Waals surface area contributed by atoms with E-state index < -0.39 is 10.0 Å². The van der Waals surface area contributed by atoms with Crippen LogP contribution in [0.25, 0.3) is 0 Å². The molecule has 0 radical (unpaired) electrons. The Kier molecular flexibility index (Phi) is 4.46. The maximum Gasteiger partial charge on any atom is 0.244 e. The highest BCUT2D eigenvalue weighted by atomic mass is 35.5. The monoisotopic (exact) mass is 367 g/mol. The van der Waals surface area contributed by atoms with Crippen LogP contribution in [-0.2, 0) is 15.9 Å². The highest BCUT2D eigenvalue weighted by Crippen LogP contribution is 2.41. The molecule has 1 aromatic rings. The number of rotatable bonds is 3. The van der Waals surface area contributed by atoms with E-state index >= 15 is 0 Å². The molecule has 3 rings (SSSR count). The zero-order chi connectivity index (χ0) is 15.2. The highest BCUT2D eigenvalue weighted by molar-refractivity contribution is 7.89. The first-order valence-corrected chi connectivity index (χ1v) is 9.70. The van der Waals surface area contributed by atoms with Gasteiger partial charge in [0, 0.05) is 24.0 Å². The third-order valence-electron chi connectivity index (χ3n) is 4.56. The predicted molar refractivity (Wildman–Crippen MR) is 85.6 cm³/mol. The van der Waals surface area contributed by atoms with Crippen LogP contribution in [0.5, 0.6) is 0 Å². The summed E-state index contributed by atoms with van der Waals surface area (Å²) in [5.41, 5.74) is 0.584. The molecule has 7 heteroatoms. The van der Waals surface area contributed by atoms with E-state index in [0.717, 1.165) is 12.8 Å². The summed E-state index contributed by atoms with van der Waals surface area (Å²) in [5.74, 6) is 1.15. The number of hydrogen-bond acceptors (Lipinski definition) is 2. The first kappa shape index (κ1) is 15.9. The molecule has 1 heterocycles. The van der Waals surface area contributed by atoms with Crippen molar-refractivity contribution in [1.29, 1.82) is 0 Å². The summed E-state index contributed by atoms with van der Waals surface area (Å²) in [6, 6.07) is 2.96. The van der Waals surface area contributed by atoms with Gasteiger partial charge in [0.05, 0.1) is 5.02 Å². The number of fused-ring (bicyclic) bond motifs is 1. The molecule has 1 saturated carbocycles. The zero-order valence-corrected chi connectivity index (χ0v) is 14.4. The number of benzene rings is 1. The third-order valence-corrected chi connectivity index (χ3v) is 7.49. The lowest BCUT2D eigenvalue weighted by atomic mass is 10.0. The summed E-state index contributed by atoms with van der Waals surface area (Å²) in [5, 5.41) is 0.554. The maximum atomic E-state index is 12.8. The zero-order valence-electron chi connectivity index (χ0n) is 11.4. The Morgan fingerprint density at radius 2 is 1.71 bits per heavy atom. The molecule has 2 unspecified atom stereocenters. The summed E-state index contributed by atoms with van der Waals surface area (Å²) in [7, 11) is -3.58. The molecule has 21 heavy (non-hydrogen) atoms. The third kappa shape index (κ3) is 2.81. The molecule has 1 saturated heterocycles. The molecule has 0 N–H and O–H groups in total. The van der Waals surface area contributed by atoms with Crippen LogP contribution in [0, 0.1) is 11.8 Å². The minimum Gasteiger partial charge on any atom is -0.207 e. The SMILES string of the molecule is O=S(=O)(c1cc(CCl)c(Cl)cc1Cl)N1CC2CCCC2C1. The van der Waals surface area contributed by atoms with Crippen molar-refractivity contribution in [3.05, 3.63) is 27.7 Å². The first-order chi connectivity index (χ1) is 9.93. The summed E-state index contributed by atoms with van der Waals surface area (Å²) in [6.07, 6.45) is 3.46. The molecule has 0 aromatic heterocycles. The van der Waals surface area contributed by atoms with Crippen LogP contribution in [0.1, 0.15) is 24.8 Å². The van der Waals surface area contributed by atoms with Gasteiger partial charge in [0.15, 0.2) is 0 Å². The Hall–Kier alpha value is -0.000000000000000132. The molecule has 2 atom stereocenters. The van der Waals surface area contributed by atoms with Crippen LogP contribution in [0.15, 0.2) is 17.0 Å². The van der Waals surface area contributed by atoms with Gasteiger partial charge in [-0.1, -0.05) is 29.6 Å². The van der Waals surface area contributed by atoms with Crippen molar-refractivity contribution in [3.63, 3.8) is 0 Å². The molecule has 0 spiro atoms. The van der Waals surface area contributed by atoms with Crippen molar-refractivity contribution in [2.75, 3.05) is 13.1 Å². The fraction of sp³-hybridized carbons (Fsp3) is 0.571. The molecule has 1 aromatic carbocycles. The van der Waals surface area contributed by atoms with Gasteiger partial charge in [-0.3, -0.25) is 0 Å². The van der Waals surface area contributed by atoms with Crippen molar-refractivity contribution >= 4 is 44.8 Å². The van der Waals surface area contributed by atoms with Crippen LogP contribution < -0.4 is 0 Å². The first-order valence-electron chi connectivity index (χ1n) is 6.97. The lowest BCUT2D eigenvalue weighted by Crippen LogP contribution is -2.30. The summed E-state index contributed by atoms with van der Waals surface area (Å²) in [4.78, 5) is 0.115. The second-order valence-electron chi connectivity index (χ2n) is 5.78. The fourth-order valence-corrected chi connectivity index (χ4v) is 6.08. The Morgan fingerprint density at radius 1 is 1.10 bits per heavy atom. The van der Waals surface area contributed by atoms with Crippen LogP contribution in [0.4, 0.5) is 0 Å². The van der Waals surface area contributed by atoms with E-state index in [9.17, 15) is 8.42 Å². The van der Waals surface area contributed by atoms with Crippen LogP contribution in [-0.4, -0.2) is 25.8 Å². The summed E-state index contributed by atoms with van der Waals surface area (Å²) < 4.78 is 27.2. The lowest BCUT2D eigenvalue weighted by Gasteiger charge is -2.19. The molecule has 3 nitrogen and oxygen atoms in total. The van der Waals surface area contributed by atoms with Crippen LogP contribution in [0.3, 0.4) is 0 Å². The molecule has 0 bridgehead atoms. The highest BCUT2D eigenvalue weighted by Gasteiger charge is 2.42. The second kappa shape index (κ2) is 5.89. The number of halogens is 3. The largest absolute Gasteiger partial charge is 0.244 e. The van der Waals surface area contributed by atoms with Gasteiger partial charge < -0.3 is 0 Å². The molecule has 116 valence electrons. The average molecular weight is 369 g/mol. The van der Waals surface area contributed by atoms with Gasteiger partial charge in [0.25, 0.3) is 0 Å². The maximum absolute atomic E-state index is 12.8. The van der Waals surface area contributed by atoms with Crippen molar-refractivity contribution in [1.82, 2.24) is 4.31 Å². The Morgan fingerprint density at radius 3 is 2.29 bits per heavy atom.